The number of aromatic nitrogens is 1. The molecule has 1 N–H and O–H groups in total. The number of hydrogen-bond donors (Lipinski definition) is 1. The Morgan fingerprint density at radius 1 is 1.24 bits per heavy atom. The monoisotopic (exact) mass is 289 g/mol. The normalized spacial score (nSPS) is 17.2. The molecule has 1 aromatic rings. The molecule has 0 spiro atoms. The highest BCUT2D eigenvalue weighted by atomic mass is 15.2. The van der Waals surface area contributed by atoms with E-state index in [1.165, 1.54) is 31.2 Å². The molecule has 0 atom stereocenters. The number of nitrogens with one attached hydrogen (secondary N) is 1. The number of anilines is 1. The van der Waals surface area contributed by atoms with Crippen LogP contribution >= 0.6 is 0 Å². The summed E-state index contributed by atoms with van der Waals surface area (Å²) in [7, 11) is 0. The second-order valence-electron chi connectivity index (χ2n) is 7.35. The quantitative estimate of drug-likeness (QED) is 0.888. The molecule has 3 heteroatoms. The minimum absolute atomic E-state index is 0.153. The van der Waals surface area contributed by atoms with Crippen molar-refractivity contribution in [1.82, 2.24) is 10.3 Å². The Morgan fingerprint density at radius 3 is 2.48 bits per heavy atom. The van der Waals surface area contributed by atoms with Crippen LogP contribution < -0.4 is 10.2 Å². The third-order valence-corrected chi connectivity index (χ3v) is 4.27. The zero-order chi connectivity index (χ0) is 15.3. The summed E-state index contributed by atoms with van der Waals surface area (Å²) in [4.78, 5) is 7.10. The molecule has 1 fully saturated rings. The molecule has 0 saturated carbocycles. The standard InChI is InChI=1S/C18H31N3/c1-5-6-15-9-11-21(12-10-15)17-8-7-16(13-19-17)14-20-18(2,3)4/h7-8,13,15,20H,5-6,9-12,14H2,1-4H3. The van der Waals surface area contributed by atoms with E-state index >= 15 is 0 Å². The molecule has 0 amide bonds. The summed E-state index contributed by atoms with van der Waals surface area (Å²) >= 11 is 0. The summed E-state index contributed by atoms with van der Waals surface area (Å²) in [5.41, 5.74) is 1.41. The van der Waals surface area contributed by atoms with Gasteiger partial charge >= 0.3 is 0 Å². The van der Waals surface area contributed by atoms with Gasteiger partial charge in [0.25, 0.3) is 0 Å². The summed E-state index contributed by atoms with van der Waals surface area (Å²) in [6.45, 7) is 12.1. The Hall–Kier alpha value is -1.09. The summed E-state index contributed by atoms with van der Waals surface area (Å²) in [5.74, 6) is 2.07. The van der Waals surface area contributed by atoms with Crippen LogP contribution in [0.15, 0.2) is 18.3 Å². The zero-order valence-electron chi connectivity index (χ0n) is 14.2. The number of nitrogens with zero attached hydrogens (tertiary/aromatic N) is 2. The molecule has 21 heavy (non-hydrogen) atoms. The molecule has 1 aliphatic heterocycles. The molecule has 0 aromatic carbocycles. The lowest BCUT2D eigenvalue weighted by Crippen LogP contribution is -2.35. The lowest BCUT2D eigenvalue weighted by molar-refractivity contribution is 0.377. The molecule has 0 bridgehead atoms. The zero-order valence-corrected chi connectivity index (χ0v) is 14.2. The first-order valence-corrected chi connectivity index (χ1v) is 8.43. The lowest BCUT2D eigenvalue weighted by Gasteiger charge is -2.32. The van der Waals surface area contributed by atoms with Gasteiger partial charge in [-0.25, -0.2) is 4.98 Å². The number of pyridine rings is 1. The molecular weight excluding hydrogens is 258 g/mol. The van der Waals surface area contributed by atoms with Gasteiger partial charge in [0, 0.05) is 31.4 Å². The fourth-order valence-electron chi connectivity index (χ4n) is 2.93. The molecule has 2 rings (SSSR count). The maximum atomic E-state index is 4.66. The highest BCUT2D eigenvalue weighted by molar-refractivity contribution is 5.39. The summed E-state index contributed by atoms with van der Waals surface area (Å²) in [5, 5.41) is 3.50. The van der Waals surface area contributed by atoms with Crippen LogP contribution in [0.3, 0.4) is 0 Å². The van der Waals surface area contributed by atoms with E-state index in [4.69, 9.17) is 0 Å². The molecule has 0 radical (unpaired) electrons. The minimum atomic E-state index is 0.153. The van der Waals surface area contributed by atoms with Crippen molar-refractivity contribution in [3.63, 3.8) is 0 Å². The van der Waals surface area contributed by atoms with Crippen molar-refractivity contribution in [2.75, 3.05) is 18.0 Å². The molecule has 2 heterocycles. The van der Waals surface area contributed by atoms with Gasteiger partial charge in [-0.1, -0.05) is 25.8 Å². The van der Waals surface area contributed by atoms with Crippen LogP contribution in [-0.2, 0) is 6.54 Å². The van der Waals surface area contributed by atoms with Gasteiger partial charge in [0.1, 0.15) is 5.82 Å². The Labute approximate surface area is 130 Å². The topological polar surface area (TPSA) is 28.2 Å². The summed E-state index contributed by atoms with van der Waals surface area (Å²) < 4.78 is 0. The maximum Gasteiger partial charge on any atom is 0.128 e. The number of rotatable bonds is 5. The van der Waals surface area contributed by atoms with Gasteiger partial charge in [0.05, 0.1) is 0 Å². The minimum Gasteiger partial charge on any atom is -0.357 e. The SMILES string of the molecule is CCCC1CCN(c2ccc(CNC(C)(C)C)cn2)CC1. The molecule has 118 valence electrons. The second-order valence-corrected chi connectivity index (χ2v) is 7.35. The van der Waals surface area contributed by atoms with E-state index in [2.05, 4.69) is 55.0 Å². The first kappa shape index (κ1) is 16.3. The van der Waals surface area contributed by atoms with Crippen LogP contribution in [-0.4, -0.2) is 23.6 Å². The van der Waals surface area contributed by atoms with Gasteiger partial charge in [0.2, 0.25) is 0 Å². The fraction of sp³-hybridized carbons (Fsp3) is 0.722. The van der Waals surface area contributed by atoms with E-state index in [0.29, 0.717) is 0 Å². The van der Waals surface area contributed by atoms with Crippen molar-refractivity contribution in [1.29, 1.82) is 0 Å². The van der Waals surface area contributed by atoms with Crippen molar-refractivity contribution < 1.29 is 0 Å². The van der Waals surface area contributed by atoms with E-state index < -0.39 is 0 Å². The number of hydrogen-bond acceptors (Lipinski definition) is 3. The molecule has 1 aromatic heterocycles. The average Bonchev–Trinajstić information content (AvgIpc) is 2.46. The van der Waals surface area contributed by atoms with Crippen molar-refractivity contribution in [2.45, 2.75) is 65.5 Å². The predicted octanol–water partition coefficient (Wildman–Crippen LogP) is 3.99. The van der Waals surface area contributed by atoms with Crippen LogP contribution in [0.5, 0.6) is 0 Å². The van der Waals surface area contributed by atoms with Crippen LogP contribution in [0, 0.1) is 5.92 Å². The van der Waals surface area contributed by atoms with E-state index in [-0.39, 0.29) is 5.54 Å². The van der Waals surface area contributed by atoms with E-state index in [1.54, 1.807) is 0 Å². The predicted molar refractivity (Wildman–Crippen MR) is 90.7 cm³/mol. The molecule has 0 aliphatic carbocycles. The third-order valence-electron chi connectivity index (χ3n) is 4.27. The van der Waals surface area contributed by atoms with Crippen LogP contribution in [0.2, 0.25) is 0 Å². The third kappa shape index (κ3) is 5.31. The van der Waals surface area contributed by atoms with E-state index in [9.17, 15) is 0 Å². The van der Waals surface area contributed by atoms with Crippen LogP contribution in [0.25, 0.3) is 0 Å². The Balaban J connectivity index is 1.85. The van der Waals surface area contributed by atoms with Gasteiger partial charge in [0.15, 0.2) is 0 Å². The van der Waals surface area contributed by atoms with Crippen molar-refractivity contribution in [2.24, 2.45) is 5.92 Å². The van der Waals surface area contributed by atoms with Gasteiger partial charge < -0.3 is 10.2 Å². The first-order chi connectivity index (χ1) is 9.98. The molecule has 3 nitrogen and oxygen atoms in total. The molecule has 1 aliphatic rings. The molecule has 1 saturated heterocycles. The van der Waals surface area contributed by atoms with E-state index in [1.807, 2.05) is 6.20 Å². The van der Waals surface area contributed by atoms with Crippen molar-refractivity contribution >= 4 is 5.82 Å². The smallest absolute Gasteiger partial charge is 0.128 e. The highest BCUT2D eigenvalue weighted by Crippen LogP contribution is 2.24. The Morgan fingerprint density at radius 2 is 1.95 bits per heavy atom. The molecular formula is C18H31N3. The van der Waals surface area contributed by atoms with Gasteiger partial charge in [-0.3, -0.25) is 0 Å². The van der Waals surface area contributed by atoms with E-state index in [0.717, 1.165) is 31.4 Å². The Kier molecular flexibility index (Phi) is 5.63. The van der Waals surface area contributed by atoms with Crippen molar-refractivity contribution in [3.05, 3.63) is 23.9 Å². The van der Waals surface area contributed by atoms with Gasteiger partial charge in [-0.2, -0.15) is 0 Å². The van der Waals surface area contributed by atoms with Gasteiger partial charge in [-0.15, -0.1) is 0 Å². The van der Waals surface area contributed by atoms with Gasteiger partial charge in [-0.05, 0) is 51.2 Å². The van der Waals surface area contributed by atoms with Crippen molar-refractivity contribution in [3.8, 4) is 0 Å². The summed E-state index contributed by atoms with van der Waals surface area (Å²) in [6, 6.07) is 4.39. The highest BCUT2D eigenvalue weighted by Gasteiger charge is 2.19. The molecule has 0 unspecified atom stereocenters. The summed E-state index contributed by atoms with van der Waals surface area (Å²) in [6.07, 6.45) is 7.37. The number of piperidine rings is 1. The average molecular weight is 289 g/mol. The largest absolute Gasteiger partial charge is 0.357 e. The Bertz CT molecular complexity index is 411. The van der Waals surface area contributed by atoms with Crippen LogP contribution in [0.4, 0.5) is 5.82 Å². The fourth-order valence-corrected chi connectivity index (χ4v) is 2.93. The first-order valence-electron chi connectivity index (χ1n) is 8.43. The maximum absolute atomic E-state index is 4.66. The lowest BCUT2D eigenvalue weighted by atomic mass is 9.92. The van der Waals surface area contributed by atoms with Crippen LogP contribution in [0.1, 0.15) is 58.9 Å². The second kappa shape index (κ2) is 7.26.